The Hall–Kier alpha value is -2.64. The lowest BCUT2D eigenvalue weighted by atomic mass is 9.64. The van der Waals surface area contributed by atoms with Crippen LogP contribution in [0.25, 0.3) is 0 Å². The molecule has 1 aliphatic carbocycles. The van der Waals surface area contributed by atoms with Gasteiger partial charge in [0.1, 0.15) is 0 Å². The second-order valence-electron chi connectivity index (χ2n) is 8.61. The van der Waals surface area contributed by atoms with Gasteiger partial charge in [0.05, 0.1) is 11.6 Å². The molecule has 0 atom stereocenters. The molecule has 4 rings (SSSR count). The lowest BCUT2D eigenvalue weighted by molar-refractivity contribution is -0.118. The molecule has 1 spiro atoms. The number of hydrogen-bond acceptors (Lipinski definition) is 3. The van der Waals surface area contributed by atoms with Gasteiger partial charge in [0.25, 0.3) is 0 Å². The van der Waals surface area contributed by atoms with Gasteiger partial charge in [0.15, 0.2) is 0 Å². The van der Waals surface area contributed by atoms with E-state index in [1.54, 1.807) is 12.1 Å². The number of nitrogens with zero attached hydrogens (tertiary/aromatic N) is 3. The highest BCUT2D eigenvalue weighted by Crippen LogP contribution is 2.52. The highest BCUT2D eigenvalue weighted by Gasteiger charge is 2.50. The van der Waals surface area contributed by atoms with E-state index in [0.29, 0.717) is 12.0 Å². The highest BCUT2D eigenvalue weighted by atomic mass is 16.2. The summed E-state index contributed by atoms with van der Waals surface area (Å²) in [6.07, 6.45) is 4.87. The van der Waals surface area contributed by atoms with Crippen molar-refractivity contribution in [2.24, 2.45) is 5.41 Å². The zero-order chi connectivity index (χ0) is 19.8. The highest BCUT2D eigenvalue weighted by molar-refractivity contribution is 5.96. The summed E-state index contributed by atoms with van der Waals surface area (Å²) in [4.78, 5) is 17.1. The quantitative estimate of drug-likeness (QED) is 0.805. The molecule has 28 heavy (non-hydrogen) atoms. The minimum Gasteiger partial charge on any atom is -0.312 e. The fraction of sp³-hybridized carbons (Fsp3) is 0.417. The summed E-state index contributed by atoms with van der Waals surface area (Å²) in [7, 11) is 4.35. The summed E-state index contributed by atoms with van der Waals surface area (Å²) in [5.74, 6) is 0.210. The average molecular weight is 374 g/mol. The van der Waals surface area contributed by atoms with Crippen LogP contribution in [0.15, 0.2) is 54.6 Å². The van der Waals surface area contributed by atoms with Gasteiger partial charge >= 0.3 is 0 Å². The van der Waals surface area contributed by atoms with Crippen molar-refractivity contribution in [3.63, 3.8) is 0 Å². The molecule has 1 saturated heterocycles. The first-order valence-electron chi connectivity index (χ1n) is 10.0. The Morgan fingerprint density at radius 3 is 2.18 bits per heavy atom. The molecule has 2 aliphatic rings. The molecule has 1 saturated carbocycles. The van der Waals surface area contributed by atoms with Gasteiger partial charge in [-0.2, -0.15) is 5.26 Å². The van der Waals surface area contributed by atoms with Gasteiger partial charge < -0.3 is 4.90 Å². The lowest BCUT2D eigenvalue weighted by Gasteiger charge is -2.48. The molecule has 0 aromatic heterocycles. The van der Waals surface area contributed by atoms with Crippen LogP contribution in [0.3, 0.4) is 0 Å². The molecule has 2 fully saturated rings. The van der Waals surface area contributed by atoms with Gasteiger partial charge in [-0.05, 0) is 75.0 Å². The third-order valence-corrected chi connectivity index (χ3v) is 6.93. The van der Waals surface area contributed by atoms with Crippen LogP contribution in [-0.2, 0) is 10.3 Å². The van der Waals surface area contributed by atoms with E-state index in [0.717, 1.165) is 37.9 Å². The maximum atomic E-state index is 12.8. The standard InChI is InChI=1S/C24H27N3O/c1-26(2)24(20-6-4-3-5-7-20)14-12-23(13-15-24)16-22(28)27(18-23)21-10-8-19(17-25)9-11-21/h3-11H,12-16,18H2,1-2H3/t23-,24-. The van der Waals surface area contributed by atoms with Gasteiger partial charge in [-0.25, -0.2) is 0 Å². The van der Waals surface area contributed by atoms with Crippen molar-refractivity contribution in [3.05, 3.63) is 65.7 Å². The third kappa shape index (κ3) is 3.10. The Kier molecular flexibility index (Phi) is 4.72. The number of nitriles is 1. The Morgan fingerprint density at radius 1 is 0.964 bits per heavy atom. The number of amides is 1. The first-order valence-corrected chi connectivity index (χ1v) is 10.0. The molecule has 144 valence electrons. The summed E-state index contributed by atoms with van der Waals surface area (Å²) in [5, 5.41) is 9.00. The van der Waals surface area contributed by atoms with E-state index < -0.39 is 0 Å². The number of anilines is 1. The maximum Gasteiger partial charge on any atom is 0.227 e. The molecule has 4 nitrogen and oxygen atoms in total. The molecule has 2 aromatic carbocycles. The van der Waals surface area contributed by atoms with E-state index in [1.165, 1.54) is 5.56 Å². The third-order valence-electron chi connectivity index (χ3n) is 6.93. The maximum absolute atomic E-state index is 12.8. The van der Waals surface area contributed by atoms with Crippen molar-refractivity contribution in [1.29, 1.82) is 5.26 Å². The van der Waals surface area contributed by atoms with Gasteiger partial charge in [-0.3, -0.25) is 9.69 Å². The SMILES string of the molecule is CN(C)[C@]1(c2ccccc2)CC[C@@]2(CC1)CC(=O)N(c1ccc(C#N)cc1)C2. The minimum atomic E-state index is 0.0530. The summed E-state index contributed by atoms with van der Waals surface area (Å²) in [5.41, 5.74) is 3.04. The monoisotopic (exact) mass is 373 g/mol. The zero-order valence-corrected chi connectivity index (χ0v) is 16.7. The molecule has 0 bridgehead atoms. The van der Waals surface area contributed by atoms with E-state index in [9.17, 15) is 4.79 Å². The normalized spacial score (nSPS) is 27.4. The molecular formula is C24H27N3O. The van der Waals surface area contributed by atoms with Crippen LogP contribution in [0, 0.1) is 16.7 Å². The number of rotatable bonds is 3. The molecule has 1 aliphatic heterocycles. The second kappa shape index (κ2) is 7.07. The summed E-state index contributed by atoms with van der Waals surface area (Å²) in [6, 6.07) is 20.3. The van der Waals surface area contributed by atoms with Gasteiger partial charge in [0.2, 0.25) is 5.91 Å². The average Bonchev–Trinajstić information content (AvgIpc) is 3.05. The number of carbonyl (C=O) groups excluding carboxylic acids is 1. The molecule has 0 N–H and O–H groups in total. The van der Waals surface area contributed by atoms with Crippen molar-refractivity contribution in [1.82, 2.24) is 4.90 Å². The van der Waals surface area contributed by atoms with Crippen LogP contribution in [0.5, 0.6) is 0 Å². The molecule has 0 radical (unpaired) electrons. The van der Waals surface area contributed by atoms with E-state index in [1.807, 2.05) is 17.0 Å². The summed E-state index contributed by atoms with van der Waals surface area (Å²) in [6.45, 7) is 0.788. The smallest absolute Gasteiger partial charge is 0.227 e. The molecule has 4 heteroatoms. The fourth-order valence-electron chi connectivity index (χ4n) is 5.12. The Morgan fingerprint density at radius 2 is 1.61 bits per heavy atom. The lowest BCUT2D eigenvalue weighted by Crippen LogP contribution is -2.47. The fourth-order valence-corrected chi connectivity index (χ4v) is 5.12. The first-order chi connectivity index (χ1) is 13.5. The van der Waals surface area contributed by atoms with Crippen LogP contribution in [0.2, 0.25) is 0 Å². The molecular weight excluding hydrogens is 346 g/mol. The van der Waals surface area contributed by atoms with E-state index in [-0.39, 0.29) is 16.9 Å². The Labute approximate surface area is 167 Å². The molecule has 1 heterocycles. The van der Waals surface area contributed by atoms with E-state index >= 15 is 0 Å². The van der Waals surface area contributed by atoms with Crippen LogP contribution < -0.4 is 4.90 Å². The number of hydrogen-bond donors (Lipinski definition) is 0. The van der Waals surface area contributed by atoms with Gasteiger partial charge in [-0.15, -0.1) is 0 Å². The second-order valence-corrected chi connectivity index (χ2v) is 8.61. The predicted octanol–water partition coefficient (Wildman–Crippen LogP) is 4.31. The molecule has 2 aromatic rings. The van der Waals surface area contributed by atoms with E-state index in [4.69, 9.17) is 5.26 Å². The Balaban J connectivity index is 1.54. The van der Waals surface area contributed by atoms with Crippen molar-refractivity contribution in [2.45, 2.75) is 37.6 Å². The minimum absolute atomic E-state index is 0.0530. The summed E-state index contributed by atoms with van der Waals surface area (Å²) < 4.78 is 0. The van der Waals surface area contributed by atoms with Gasteiger partial charge in [-0.1, -0.05) is 30.3 Å². The van der Waals surface area contributed by atoms with Crippen molar-refractivity contribution >= 4 is 11.6 Å². The Bertz CT molecular complexity index is 888. The number of benzene rings is 2. The largest absolute Gasteiger partial charge is 0.312 e. The molecule has 1 amide bonds. The van der Waals surface area contributed by atoms with Crippen LogP contribution in [-0.4, -0.2) is 31.4 Å². The molecule has 0 unspecified atom stereocenters. The topological polar surface area (TPSA) is 47.3 Å². The van der Waals surface area contributed by atoms with Crippen LogP contribution in [0.4, 0.5) is 5.69 Å². The number of carbonyl (C=O) groups is 1. The van der Waals surface area contributed by atoms with Crippen molar-refractivity contribution in [2.75, 3.05) is 25.5 Å². The first kappa shape index (κ1) is 18.7. The van der Waals surface area contributed by atoms with Crippen LogP contribution in [0.1, 0.15) is 43.2 Å². The van der Waals surface area contributed by atoms with Crippen LogP contribution >= 0.6 is 0 Å². The summed E-state index contributed by atoms with van der Waals surface area (Å²) >= 11 is 0. The van der Waals surface area contributed by atoms with Crippen molar-refractivity contribution < 1.29 is 4.79 Å². The van der Waals surface area contributed by atoms with Crippen molar-refractivity contribution in [3.8, 4) is 6.07 Å². The predicted molar refractivity (Wildman–Crippen MR) is 111 cm³/mol. The van der Waals surface area contributed by atoms with E-state index in [2.05, 4.69) is 55.4 Å². The zero-order valence-electron chi connectivity index (χ0n) is 16.7. The van der Waals surface area contributed by atoms with Gasteiger partial charge in [0, 0.05) is 24.2 Å².